The molecular weight excluding hydrogens is 250 g/mol. The third kappa shape index (κ3) is 10.2. The van der Waals surface area contributed by atoms with Gasteiger partial charge in [0.2, 0.25) is 0 Å². The van der Waals surface area contributed by atoms with Crippen molar-refractivity contribution in [3.05, 3.63) is 0 Å². The zero-order valence-electron chi connectivity index (χ0n) is 14.0. The van der Waals surface area contributed by atoms with Crippen LogP contribution in [-0.2, 0) is 4.79 Å². The number of unbranched alkanes of at least 4 members (excludes halogenated alkanes) is 5. The summed E-state index contributed by atoms with van der Waals surface area (Å²) in [4.78, 5) is 8.89. The average Bonchev–Trinajstić information content (AvgIpc) is 2.82. The Morgan fingerprint density at radius 3 is 1.90 bits per heavy atom. The first-order chi connectivity index (χ1) is 9.56. The molecule has 1 heterocycles. The maximum atomic E-state index is 8.89. The topological polar surface area (TPSA) is 40.1 Å². The van der Waals surface area contributed by atoms with Crippen molar-refractivity contribution in [1.82, 2.24) is 0 Å². The van der Waals surface area contributed by atoms with Crippen molar-refractivity contribution in [2.24, 2.45) is 0 Å². The molecule has 0 saturated carbocycles. The van der Waals surface area contributed by atoms with Gasteiger partial charge in [0, 0.05) is 18.8 Å². The summed E-state index contributed by atoms with van der Waals surface area (Å²) in [5.74, 6) is -1.08. The highest BCUT2D eigenvalue weighted by atomic mass is 16.4. The molecule has 0 aliphatic carbocycles. The van der Waals surface area contributed by atoms with Gasteiger partial charge in [-0.15, -0.1) is 0 Å². The second-order valence-corrected chi connectivity index (χ2v) is 6.20. The fourth-order valence-corrected chi connectivity index (χ4v) is 3.27. The van der Waals surface area contributed by atoms with Gasteiger partial charge in [0.25, 0.3) is 0 Å². The van der Waals surface area contributed by atoms with E-state index in [1.165, 1.54) is 88.4 Å². The Hall–Kier alpha value is -0.570. The lowest BCUT2D eigenvalue weighted by Gasteiger charge is -2.34. The highest BCUT2D eigenvalue weighted by molar-refractivity contribution is 5.60. The standard InChI is InChI=1S/C15H32N.C2H4O2/c1-3-5-6-7-8-9-13-16(12-4-2)14-10-11-15-16;1-2(3)4/h3-15H2,1-2H3;1H3,(H,3,4)/q+1;/p-1. The van der Waals surface area contributed by atoms with Crippen molar-refractivity contribution in [3.8, 4) is 0 Å². The Morgan fingerprint density at radius 2 is 1.40 bits per heavy atom. The van der Waals surface area contributed by atoms with Crippen molar-refractivity contribution in [3.63, 3.8) is 0 Å². The minimum atomic E-state index is -1.08. The van der Waals surface area contributed by atoms with Crippen molar-refractivity contribution in [2.75, 3.05) is 26.2 Å². The van der Waals surface area contributed by atoms with Gasteiger partial charge in [-0.2, -0.15) is 0 Å². The fourth-order valence-electron chi connectivity index (χ4n) is 3.27. The van der Waals surface area contributed by atoms with Crippen molar-refractivity contribution < 1.29 is 14.4 Å². The van der Waals surface area contributed by atoms with Crippen molar-refractivity contribution >= 4 is 5.97 Å². The van der Waals surface area contributed by atoms with E-state index in [0.717, 1.165) is 6.92 Å². The molecule has 3 nitrogen and oxygen atoms in total. The first-order valence-corrected chi connectivity index (χ1v) is 8.59. The van der Waals surface area contributed by atoms with E-state index in [0.29, 0.717) is 0 Å². The van der Waals surface area contributed by atoms with Crippen LogP contribution in [0.25, 0.3) is 0 Å². The van der Waals surface area contributed by atoms with Crippen molar-refractivity contribution in [1.29, 1.82) is 0 Å². The fraction of sp³-hybridized carbons (Fsp3) is 0.941. The molecule has 0 amide bonds. The lowest BCUT2D eigenvalue weighted by molar-refractivity contribution is -0.917. The quantitative estimate of drug-likeness (QED) is 0.482. The van der Waals surface area contributed by atoms with Crippen LogP contribution in [0.15, 0.2) is 0 Å². The number of carboxylic acids is 1. The van der Waals surface area contributed by atoms with Gasteiger partial charge in [0.15, 0.2) is 0 Å². The molecular formula is C17H35NO2. The average molecular weight is 285 g/mol. The second-order valence-electron chi connectivity index (χ2n) is 6.20. The molecule has 120 valence electrons. The number of likely N-dealkylation sites (tertiary alicyclic amines) is 1. The molecule has 1 aliphatic rings. The zero-order valence-corrected chi connectivity index (χ0v) is 14.0. The van der Waals surface area contributed by atoms with Crippen LogP contribution in [0, 0.1) is 0 Å². The van der Waals surface area contributed by atoms with Crippen LogP contribution in [0.2, 0.25) is 0 Å². The van der Waals surface area contributed by atoms with E-state index in [2.05, 4.69) is 13.8 Å². The molecule has 0 radical (unpaired) electrons. The molecule has 0 bridgehead atoms. The highest BCUT2D eigenvalue weighted by Gasteiger charge is 2.29. The number of nitrogens with zero attached hydrogens (tertiary/aromatic N) is 1. The summed E-state index contributed by atoms with van der Waals surface area (Å²) in [6, 6.07) is 0. The number of quaternary nitrogens is 1. The number of hydrogen-bond acceptors (Lipinski definition) is 2. The van der Waals surface area contributed by atoms with E-state index in [1.54, 1.807) is 0 Å². The lowest BCUT2D eigenvalue weighted by Crippen LogP contribution is -2.46. The Morgan fingerprint density at radius 1 is 0.900 bits per heavy atom. The third-order valence-corrected chi connectivity index (χ3v) is 4.20. The van der Waals surface area contributed by atoms with E-state index in [1.807, 2.05) is 0 Å². The molecule has 1 aliphatic heterocycles. The van der Waals surface area contributed by atoms with Crippen LogP contribution in [-0.4, -0.2) is 36.6 Å². The van der Waals surface area contributed by atoms with Crippen LogP contribution in [0.1, 0.15) is 78.6 Å². The summed E-state index contributed by atoms with van der Waals surface area (Å²) >= 11 is 0. The normalized spacial score (nSPS) is 16.6. The SMILES string of the molecule is CC(=O)[O-].CCCCCCCC[N+]1(CCC)CCCC1. The molecule has 1 saturated heterocycles. The molecule has 3 heteroatoms. The molecule has 0 spiro atoms. The van der Waals surface area contributed by atoms with E-state index in [4.69, 9.17) is 9.90 Å². The molecule has 0 aromatic heterocycles. The lowest BCUT2D eigenvalue weighted by atomic mass is 10.1. The monoisotopic (exact) mass is 285 g/mol. The minimum absolute atomic E-state index is 0.972. The van der Waals surface area contributed by atoms with Gasteiger partial charge in [0.05, 0.1) is 26.2 Å². The molecule has 0 atom stereocenters. The summed E-state index contributed by atoms with van der Waals surface area (Å²) in [5, 5.41) is 8.89. The number of carbonyl (C=O) groups excluding carboxylic acids is 1. The van der Waals surface area contributed by atoms with Gasteiger partial charge in [-0.05, 0) is 26.2 Å². The zero-order chi connectivity index (χ0) is 15.3. The predicted molar refractivity (Wildman–Crippen MR) is 83.3 cm³/mol. The molecule has 20 heavy (non-hydrogen) atoms. The Labute approximate surface area is 126 Å². The molecule has 1 rings (SSSR count). The summed E-state index contributed by atoms with van der Waals surface area (Å²) in [7, 11) is 0. The van der Waals surface area contributed by atoms with Gasteiger partial charge < -0.3 is 14.4 Å². The van der Waals surface area contributed by atoms with Crippen LogP contribution in [0.5, 0.6) is 0 Å². The molecule has 0 aromatic carbocycles. The Bertz CT molecular complexity index is 231. The van der Waals surface area contributed by atoms with Gasteiger partial charge in [-0.3, -0.25) is 0 Å². The first kappa shape index (κ1) is 19.4. The maximum absolute atomic E-state index is 8.89. The van der Waals surface area contributed by atoms with E-state index in [-0.39, 0.29) is 0 Å². The van der Waals surface area contributed by atoms with Crippen LogP contribution in [0.3, 0.4) is 0 Å². The largest absolute Gasteiger partial charge is 0.550 e. The Balaban J connectivity index is 0.000000796. The van der Waals surface area contributed by atoms with Crippen LogP contribution < -0.4 is 5.11 Å². The number of aliphatic carboxylic acids is 1. The number of carboxylic acid groups (broad SMARTS) is 1. The number of carbonyl (C=O) groups is 1. The van der Waals surface area contributed by atoms with Gasteiger partial charge in [0.1, 0.15) is 0 Å². The van der Waals surface area contributed by atoms with Gasteiger partial charge in [-0.25, -0.2) is 0 Å². The summed E-state index contributed by atoms with van der Waals surface area (Å²) in [5.41, 5.74) is 0. The second kappa shape index (κ2) is 12.2. The van der Waals surface area contributed by atoms with Gasteiger partial charge >= 0.3 is 0 Å². The van der Waals surface area contributed by atoms with Gasteiger partial charge in [-0.1, -0.05) is 39.5 Å². The van der Waals surface area contributed by atoms with E-state index in [9.17, 15) is 0 Å². The first-order valence-electron chi connectivity index (χ1n) is 8.59. The molecule has 0 aromatic rings. The maximum Gasteiger partial charge on any atom is 0.0788 e. The van der Waals surface area contributed by atoms with E-state index < -0.39 is 5.97 Å². The third-order valence-electron chi connectivity index (χ3n) is 4.20. The van der Waals surface area contributed by atoms with Crippen molar-refractivity contribution in [2.45, 2.75) is 78.6 Å². The highest BCUT2D eigenvalue weighted by Crippen LogP contribution is 2.21. The predicted octanol–water partition coefficient (Wildman–Crippen LogP) is 3.12. The molecule has 0 N–H and O–H groups in total. The number of rotatable bonds is 9. The molecule has 1 fully saturated rings. The number of hydrogen-bond donors (Lipinski definition) is 0. The smallest absolute Gasteiger partial charge is 0.0788 e. The molecule has 0 unspecified atom stereocenters. The van der Waals surface area contributed by atoms with Crippen LogP contribution >= 0.6 is 0 Å². The summed E-state index contributed by atoms with van der Waals surface area (Å²) in [6.45, 7) is 11.5. The minimum Gasteiger partial charge on any atom is -0.550 e. The Kier molecular flexibility index (Phi) is 11.8. The summed E-state index contributed by atoms with van der Waals surface area (Å²) in [6.07, 6.45) is 13.0. The van der Waals surface area contributed by atoms with E-state index >= 15 is 0 Å². The summed E-state index contributed by atoms with van der Waals surface area (Å²) < 4.78 is 1.46. The van der Waals surface area contributed by atoms with Crippen LogP contribution in [0.4, 0.5) is 0 Å².